The van der Waals surface area contributed by atoms with E-state index in [1.165, 1.54) is 17.0 Å². The second kappa shape index (κ2) is 10.2. The van der Waals surface area contributed by atoms with Crippen molar-refractivity contribution in [2.24, 2.45) is 0 Å². The number of anilines is 1. The summed E-state index contributed by atoms with van der Waals surface area (Å²) in [5.41, 5.74) is 0.958. The van der Waals surface area contributed by atoms with Crippen LogP contribution in [0.3, 0.4) is 0 Å². The molecule has 0 aliphatic carbocycles. The van der Waals surface area contributed by atoms with Gasteiger partial charge in [0.1, 0.15) is 30.5 Å². The Balaban J connectivity index is 1.36. The predicted molar refractivity (Wildman–Crippen MR) is 131 cm³/mol. The van der Waals surface area contributed by atoms with Crippen molar-refractivity contribution in [3.8, 4) is 11.5 Å². The SMILES string of the molecule is O=C1C(=Cc2ccc(OCCOc3ccccc3Cl)cc2)SC(=S)N1c1ccccc1F. The zero-order chi connectivity index (χ0) is 22.5. The number of amides is 1. The number of hydrogen-bond acceptors (Lipinski definition) is 5. The monoisotopic (exact) mass is 485 g/mol. The lowest BCUT2D eigenvalue weighted by Crippen LogP contribution is -2.28. The zero-order valence-corrected chi connectivity index (χ0v) is 19.1. The fraction of sp³-hybridized carbons (Fsp3) is 0.0833. The van der Waals surface area contributed by atoms with Crippen LogP contribution in [0.4, 0.5) is 10.1 Å². The number of nitrogens with zero attached hydrogens (tertiary/aromatic N) is 1. The van der Waals surface area contributed by atoms with Crippen molar-refractivity contribution in [3.05, 3.63) is 94.1 Å². The van der Waals surface area contributed by atoms with E-state index in [4.69, 9.17) is 33.3 Å². The van der Waals surface area contributed by atoms with Gasteiger partial charge in [-0.25, -0.2) is 4.39 Å². The van der Waals surface area contributed by atoms with Crippen LogP contribution in [0.1, 0.15) is 5.56 Å². The maximum Gasteiger partial charge on any atom is 0.270 e. The third-order valence-electron chi connectivity index (χ3n) is 4.51. The Morgan fingerprint density at radius 2 is 1.66 bits per heavy atom. The number of benzene rings is 3. The van der Waals surface area contributed by atoms with E-state index in [9.17, 15) is 9.18 Å². The minimum Gasteiger partial charge on any atom is -0.490 e. The number of halogens is 2. The third kappa shape index (κ3) is 5.12. The van der Waals surface area contributed by atoms with Gasteiger partial charge >= 0.3 is 0 Å². The van der Waals surface area contributed by atoms with E-state index in [1.807, 2.05) is 24.3 Å². The molecule has 0 aromatic heterocycles. The number of para-hydroxylation sites is 2. The molecule has 1 heterocycles. The molecule has 1 fully saturated rings. The fourth-order valence-electron chi connectivity index (χ4n) is 2.99. The highest BCUT2D eigenvalue weighted by molar-refractivity contribution is 8.27. The number of thiocarbonyl (C=S) groups is 1. The maximum atomic E-state index is 14.1. The molecule has 8 heteroatoms. The van der Waals surface area contributed by atoms with Crippen molar-refractivity contribution in [1.29, 1.82) is 0 Å². The molecule has 1 aliphatic heterocycles. The van der Waals surface area contributed by atoms with Gasteiger partial charge in [-0.3, -0.25) is 9.69 Å². The molecule has 0 N–H and O–H groups in total. The molecule has 162 valence electrons. The van der Waals surface area contributed by atoms with Gasteiger partial charge in [-0.2, -0.15) is 0 Å². The highest BCUT2D eigenvalue weighted by atomic mass is 35.5. The van der Waals surface area contributed by atoms with Crippen molar-refractivity contribution in [2.75, 3.05) is 18.1 Å². The number of ether oxygens (including phenoxy) is 2. The van der Waals surface area contributed by atoms with Gasteiger partial charge in [0, 0.05) is 0 Å². The highest BCUT2D eigenvalue weighted by Gasteiger charge is 2.34. The van der Waals surface area contributed by atoms with Gasteiger partial charge in [0.15, 0.2) is 4.32 Å². The number of thioether (sulfide) groups is 1. The molecule has 0 saturated carbocycles. The summed E-state index contributed by atoms with van der Waals surface area (Å²) in [6, 6.07) is 20.6. The van der Waals surface area contributed by atoms with Gasteiger partial charge in [-0.15, -0.1) is 0 Å². The van der Waals surface area contributed by atoms with E-state index in [0.717, 1.165) is 17.3 Å². The highest BCUT2D eigenvalue weighted by Crippen LogP contribution is 2.37. The van der Waals surface area contributed by atoms with E-state index < -0.39 is 5.82 Å². The van der Waals surface area contributed by atoms with E-state index >= 15 is 0 Å². The lowest BCUT2D eigenvalue weighted by atomic mass is 10.2. The van der Waals surface area contributed by atoms with Crippen LogP contribution in [0, 0.1) is 5.82 Å². The molecule has 1 amide bonds. The molecule has 0 spiro atoms. The van der Waals surface area contributed by atoms with Gasteiger partial charge in [0.05, 0.1) is 15.6 Å². The Kier molecular flexibility index (Phi) is 7.09. The molecule has 32 heavy (non-hydrogen) atoms. The first-order chi connectivity index (χ1) is 15.5. The number of hydrogen-bond donors (Lipinski definition) is 0. The summed E-state index contributed by atoms with van der Waals surface area (Å²) in [5, 5.41) is 0.553. The Morgan fingerprint density at radius 3 is 2.41 bits per heavy atom. The van der Waals surface area contributed by atoms with Crippen LogP contribution < -0.4 is 14.4 Å². The van der Waals surface area contributed by atoms with Crippen molar-refractivity contribution in [1.82, 2.24) is 0 Å². The van der Waals surface area contributed by atoms with Crippen LogP contribution in [-0.4, -0.2) is 23.4 Å². The zero-order valence-electron chi connectivity index (χ0n) is 16.7. The molecule has 0 bridgehead atoms. The van der Waals surface area contributed by atoms with Crippen LogP contribution in [0.15, 0.2) is 77.7 Å². The average Bonchev–Trinajstić information content (AvgIpc) is 3.06. The Morgan fingerprint density at radius 1 is 0.969 bits per heavy atom. The summed E-state index contributed by atoms with van der Waals surface area (Å²) in [5.74, 6) is 0.442. The van der Waals surface area contributed by atoms with E-state index in [1.54, 1.807) is 42.5 Å². The second-order valence-corrected chi connectivity index (χ2v) is 8.75. The molecular formula is C24H17ClFNO3S2. The van der Waals surface area contributed by atoms with E-state index in [2.05, 4.69) is 0 Å². The summed E-state index contributed by atoms with van der Waals surface area (Å²) >= 11 is 12.5. The molecule has 0 unspecified atom stereocenters. The van der Waals surface area contributed by atoms with E-state index in [-0.39, 0.29) is 11.6 Å². The van der Waals surface area contributed by atoms with Crippen LogP contribution in [-0.2, 0) is 4.79 Å². The molecule has 3 aromatic carbocycles. The number of carbonyl (C=O) groups excluding carboxylic acids is 1. The quantitative estimate of drug-likeness (QED) is 0.222. The van der Waals surface area contributed by atoms with Gasteiger partial charge in [0.25, 0.3) is 5.91 Å². The van der Waals surface area contributed by atoms with Gasteiger partial charge < -0.3 is 9.47 Å². The normalized spacial score (nSPS) is 14.8. The van der Waals surface area contributed by atoms with Gasteiger partial charge in [-0.1, -0.05) is 72.0 Å². The predicted octanol–water partition coefficient (Wildman–Crippen LogP) is 6.34. The topological polar surface area (TPSA) is 38.8 Å². The number of rotatable bonds is 7. The Bertz CT molecular complexity index is 1180. The summed E-state index contributed by atoms with van der Waals surface area (Å²) in [7, 11) is 0. The molecule has 4 nitrogen and oxygen atoms in total. The Labute approximate surface area is 199 Å². The first-order valence-electron chi connectivity index (χ1n) is 9.65. The van der Waals surface area contributed by atoms with Gasteiger partial charge in [-0.05, 0) is 48.0 Å². The van der Waals surface area contributed by atoms with Crippen LogP contribution in [0.2, 0.25) is 5.02 Å². The summed E-state index contributed by atoms with van der Waals surface area (Å²) in [6.45, 7) is 0.704. The van der Waals surface area contributed by atoms with Crippen LogP contribution in [0.25, 0.3) is 6.08 Å². The molecule has 0 atom stereocenters. The minimum absolute atomic E-state index is 0.154. The average molecular weight is 486 g/mol. The Hall–Kier alpha value is -2.87. The first-order valence-corrected chi connectivity index (χ1v) is 11.3. The van der Waals surface area contributed by atoms with Gasteiger partial charge in [0.2, 0.25) is 0 Å². The van der Waals surface area contributed by atoms with Crippen LogP contribution >= 0.6 is 35.6 Å². The first kappa shape index (κ1) is 22.3. The lowest BCUT2D eigenvalue weighted by molar-refractivity contribution is -0.113. The van der Waals surface area contributed by atoms with E-state index in [0.29, 0.717) is 39.0 Å². The van der Waals surface area contributed by atoms with Crippen molar-refractivity contribution in [2.45, 2.75) is 0 Å². The standard InChI is InChI=1S/C24H17ClFNO3S2/c25-18-5-1-4-8-21(18)30-14-13-29-17-11-9-16(10-12-17)15-22-23(28)27(24(31)32-22)20-7-3-2-6-19(20)26/h1-12,15H,13-14H2. The smallest absolute Gasteiger partial charge is 0.270 e. The lowest BCUT2D eigenvalue weighted by Gasteiger charge is -2.14. The molecule has 1 saturated heterocycles. The minimum atomic E-state index is -0.495. The molecule has 0 radical (unpaired) electrons. The molecular weight excluding hydrogens is 469 g/mol. The second-order valence-electron chi connectivity index (χ2n) is 6.66. The molecule has 4 rings (SSSR count). The maximum absolute atomic E-state index is 14.1. The summed E-state index contributed by atoms with van der Waals surface area (Å²) < 4.78 is 25.7. The molecule has 1 aliphatic rings. The van der Waals surface area contributed by atoms with Crippen LogP contribution in [0.5, 0.6) is 11.5 Å². The van der Waals surface area contributed by atoms with Crippen molar-refractivity contribution < 1.29 is 18.7 Å². The third-order valence-corrected chi connectivity index (χ3v) is 6.13. The largest absolute Gasteiger partial charge is 0.490 e. The van der Waals surface area contributed by atoms with Crippen molar-refractivity contribution in [3.63, 3.8) is 0 Å². The summed E-state index contributed by atoms with van der Waals surface area (Å²) in [4.78, 5) is 14.4. The van der Waals surface area contributed by atoms with Crippen molar-refractivity contribution >= 4 is 57.6 Å². The fourth-order valence-corrected chi connectivity index (χ4v) is 4.47. The summed E-state index contributed by atoms with van der Waals surface area (Å²) in [6.07, 6.45) is 1.73. The molecule has 3 aromatic rings. The number of carbonyl (C=O) groups is 1.